The first-order valence-corrected chi connectivity index (χ1v) is 9.53. The highest BCUT2D eigenvalue weighted by molar-refractivity contribution is 7.99. The van der Waals surface area contributed by atoms with Crippen LogP contribution in [0.3, 0.4) is 0 Å². The molecule has 1 atom stereocenters. The lowest BCUT2D eigenvalue weighted by molar-refractivity contribution is -0.119. The molecule has 4 nitrogen and oxygen atoms in total. The van der Waals surface area contributed by atoms with Crippen LogP contribution in [0.15, 0.2) is 36.4 Å². The molecule has 2 heterocycles. The number of thioether (sulfide) groups is 1. The van der Waals surface area contributed by atoms with E-state index in [1.807, 2.05) is 36.4 Å². The van der Waals surface area contributed by atoms with Crippen LogP contribution < -0.4 is 14.8 Å². The molecule has 2 aromatic rings. The SMILES string of the molecule is O=C(CSCc1ccc(Cl)s1)NCC1COc2ccccc2O1. The molecule has 0 fully saturated rings. The van der Waals surface area contributed by atoms with E-state index < -0.39 is 0 Å². The summed E-state index contributed by atoms with van der Waals surface area (Å²) in [6, 6.07) is 11.4. The van der Waals surface area contributed by atoms with Gasteiger partial charge in [-0.2, -0.15) is 0 Å². The van der Waals surface area contributed by atoms with Gasteiger partial charge in [-0.25, -0.2) is 0 Å². The Morgan fingerprint density at radius 3 is 2.91 bits per heavy atom. The first-order valence-electron chi connectivity index (χ1n) is 7.18. The van der Waals surface area contributed by atoms with E-state index in [4.69, 9.17) is 21.1 Å². The van der Waals surface area contributed by atoms with Gasteiger partial charge in [-0.15, -0.1) is 23.1 Å². The number of para-hydroxylation sites is 2. The number of thiophene rings is 1. The minimum absolute atomic E-state index is 0.000103. The summed E-state index contributed by atoms with van der Waals surface area (Å²) in [5.41, 5.74) is 0. The molecule has 1 aliphatic rings. The van der Waals surface area contributed by atoms with Gasteiger partial charge in [-0.05, 0) is 24.3 Å². The molecule has 0 radical (unpaired) electrons. The Labute approximate surface area is 148 Å². The summed E-state index contributed by atoms with van der Waals surface area (Å²) in [5, 5.41) is 2.89. The second kappa shape index (κ2) is 7.95. The van der Waals surface area contributed by atoms with Crippen LogP contribution in [0.4, 0.5) is 0 Å². The smallest absolute Gasteiger partial charge is 0.230 e. The predicted octanol–water partition coefficient (Wildman–Crippen LogP) is 3.59. The summed E-state index contributed by atoms with van der Waals surface area (Å²) < 4.78 is 12.2. The van der Waals surface area contributed by atoms with E-state index >= 15 is 0 Å². The lowest BCUT2D eigenvalue weighted by atomic mass is 10.2. The molecule has 0 spiro atoms. The lowest BCUT2D eigenvalue weighted by Gasteiger charge is -2.26. The first kappa shape index (κ1) is 16.5. The van der Waals surface area contributed by atoms with Crippen molar-refractivity contribution < 1.29 is 14.3 Å². The van der Waals surface area contributed by atoms with Gasteiger partial charge in [-0.1, -0.05) is 23.7 Å². The van der Waals surface area contributed by atoms with Crippen LogP contribution >= 0.6 is 34.7 Å². The molecule has 23 heavy (non-hydrogen) atoms. The van der Waals surface area contributed by atoms with Gasteiger partial charge in [0.25, 0.3) is 0 Å². The van der Waals surface area contributed by atoms with Gasteiger partial charge in [0.1, 0.15) is 12.7 Å². The predicted molar refractivity (Wildman–Crippen MR) is 94.9 cm³/mol. The van der Waals surface area contributed by atoms with Crippen LogP contribution in [0.1, 0.15) is 4.88 Å². The Morgan fingerprint density at radius 2 is 2.13 bits per heavy atom. The van der Waals surface area contributed by atoms with Crippen molar-refractivity contribution in [1.82, 2.24) is 5.32 Å². The van der Waals surface area contributed by atoms with Gasteiger partial charge < -0.3 is 14.8 Å². The summed E-state index contributed by atoms with van der Waals surface area (Å²) in [7, 11) is 0. The second-order valence-electron chi connectivity index (χ2n) is 5.00. The van der Waals surface area contributed by atoms with Crippen molar-refractivity contribution in [2.75, 3.05) is 18.9 Å². The fraction of sp³-hybridized carbons (Fsp3) is 0.312. The zero-order valence-corrected chi connectivity index (χ0v) is 14.7. The highest BCUT2D eigenvalue weighted by Crippen LogP contribution is 2.30. The van der Waals surface area contributed by atoms with Crippen LogP contribution in [-0.4, -0.2) is 30.9 Å². The second-order valence-corrected chi connectivity index (χ2v) is 7.79. The van der Waals surface area contributed by atoms with E-state index in [2.05, 4.69) is 5.32 Å². The zero-order chi connectivity index (χ0) is 16.1. The van der Waals surface area contributed by atoms with Crippen LogP contribution in [0.25, 0.3) is 0 Å². The van der Waals surface area contributed by atoms with Gasteiger partial charge in [0.05, 0.1) is 16.6 Å². The van der Waals surface area contributed by atoms with Gasteiger partial charge in [-0.3, -0.25) is 4.79 Å². The molecule has 1 N–H and O–H groups in total. The maximum absolute atomic E-state index is 11.9. The third-order valence-corrected chi connectivity index (χ3v) is 5.60. The number of carbonyl (C=O) groups is 1. The number of halogens is 1. The van der Waals surface area contributed by atoms with E-state index in [0.717, 1.165) is 21.6 Å². The molecule has 1 aromatic heterocycles. The highest BCUT2D eigenvalue weighted by atomic mass is 35.5. The fourth-order valence-corrected chi connectivity index (χ4v) is 4.17. The Hall–Kier alpha value is -1.37. The average molecular weight is 370 g/mol. The number of nitrogens with one attached hydrogen (secondary N) is 1. The average Bonchev–Trinajstić information content (AvgIpc) is 2.98. The van der Waals surface area contributed by atoms with Crippen molar-refractivity contribution in [2.24, 2.45) is 0 Å². The summed E-state index contributed by atoms with van der Waals surface area (Å²) in [4.78, 5) is 13.1. The van der Waals surface area contributed by atoms with Crippen LogP contribution in [-0.2, 0) is 10.5 Å². The van der Waals surface area contributed by atoms with Crippen molar-refractivity contribution in [2.45, 2.75) is 11.9 Å². The minimum atomic E-state index is -0.157. The number of amides is 1. The van der Waals surface area contributed by atoms with Crippen LogP contribution in [0, 0.1) is 0 Å². The van der Waals surface area contributed by atoms with E-state index in [-0.39, 0.29) is 12.0 Å². The molecular formula is C16H16ClNO3S2. The molecule has 122 valence electrons. The number of hydrogen-bond donors (Lipinski definition) is 1. The van der Waals surface area contributed by atoms with Crippen LogP contribution in [0.2, 0.25) is 4.34 Å². The van der Waals surface area contributed by atoms with Gasteiger partial charge in [0.2, 0.25) is 5.91 Å². The number of hydrogen-bond acceptors (Lipinski definition) is 5. The lowest BCUT2D eigenvalue weighted by Crippen LogP contribution is -2.41. The van der Waals surface area contributed by atoms with Gasteiger partial charge in [0.15, 0.2) is 11.5 Å². The molecule has 1 amide bonds. The molecule has 0 bridgehead atoms. The fourth-order valence-electron chi connectivity index (χ4n) is 2.12. The van der Waals surface area contributed by atoms with Crippen molar-refractivity contribution in [3.05, 3.63) is 45.6 Å². The Kier molecular flexibility index (Phi) is 5.70. The summed E-state index contributed by atoms with van der Waals surface area (Å²) >= 11 is 8.99. The topological polar surface area (TPSA) is 47.6 Å². The molecular weight excluding hydrogens is 354 g/mol. The van der Waals surface area contributed by atoms with E-state index in [0.29, 0.717) is 18.9 Å². The maximum Gasteiger partial charge on any atom is 0.230 e. The van der Waals surface area contributed by atoms with E-state index in [9.17, 15) is 4.79 Å². The number of benzene rings is 1. The Balaban J connectivity index is 1.36. The molecule has 0 aliphatic carbocycles. The summed E-state index contributed by atoms with van der Waals surface area (Å²) in [6.07, 6.45) is -0.157. The number of rotatable bonds is 6. The van der Waals surface area contributed by atoms with Crippen molar-refractivity contribution in [1.29, 1.82) is 0 Å². The summed E-state index contributed by atoms with van der Waals surface area (Å²) in [5.74, 6) is 2.68. The number of ether oxygens (including phenoxy) is 2. The monoisotopic (exact) mass is 369 g/mol. The summed E-state index contributed by atoms with van der Waals surface area (Å²) in [6.45, 7) is 0.886. The normalized spacial score (nSPS) is 16.1. The third kappa shape index (κ3) is 4.80. The van der Waals surface area contributed by atoms with Crippen LogP contribution in [0.5, 0.6) is 11.5 Å². The number of carbonyl (C=O) groups excluding carboxylic acids is 1. The van der Waals surface area contributed by atoms with Crippen molar-refractivity contribution in [3.8, 4) is 11.5 Å². The Morgan fingerprint density at radius 1 is 1.30 bits per heavy atom. The first-order chi connectivity index (χ1) is 11.2. The maximum atomic E-state index is 11.9. The minimum Gasteiger partial charge on any atom is -0.486 e. The molecule has 1 aromatic carbocycles. The quantitative estimate of drug-likeness (QED) is 0.845. The molecule has 0 saturated carbocycles. The van der Waals surface area contributed by atoms with E-state index in [1.165, 1.54) is 4.88 Å². The zero-order valence-electron chi connectivity index (χ0n) is 12.3. The molecule has 1 unspecified atom stereocenters. The molecule has 1 aliphatic heterocycles. The third-order valence-electron chi connectivity index (χ3n) is 3.20. The Bertz CT molecular complexity index is 677. The molecule has 0 saturated heterocycles. The number of fused-ring (bicyclic) bond motifs is 1. The van der Waals surface area contributed by atoms with Crippen molar-refractivity contribution >= 4 is 40.6 Å². The molecule has 3 rings (SSSR count). The van der Waals surface area contributed by atoms with Gasteiger partial charge in [0, 0.05) is 10.6 Å². The largest absolute Gasteiger partial charge is 0.486 e. The van der Waals surface area contributed by atoms with E-state index in [1.54, 1.807) is 23.1 Å². The standard InChI is InChI=1S/C16H16ClNO3S2/c17-15-6-5-12(23-15)9-22-10-16(19)18-7-11-8-20-13-3-1-2-4-14(13)21-11/h1-6,11H,7-10H2,(H,18,19). The van der Waals surface area contributed by atoms with Crippen molar-refractivity contribution in [3.63, 3.8) is 0 Å². The van der Waals surface area contributed by atoms with Gasteiger partial charge >= 0.3 is 0 Å². The molecule has 7 heteroatoms. The highest BCUT2D eigenvalue weighted by Gasteiger charge is 2.20.